The first kappa shape index (κ1) is 21.6. The van der Waals surface area contributed by atoms with Gasteiger partial charge >= 0.3 is 0 Å². The molecule has 146 valence electrons. The van der Waals surface area contributed by atoms with Crippen LogP contribution < -0.4 is 24.8 Å². The Morgan fingerprint density at radius 2 is 1.46 bits per heavy atom. The highest BCUT2D eigenvalue weighted by Gasteiger charge is 2.14. The molecular formula is C18H29N3O5. The number of hydrogen-bond donors (Lipinski definition) is 2. The van der Waals surface area contributed by atoms with E-state index in [-0.39, 0.29) is 31.4 Å². The minimum Gasteiger partial charge on any atom is -0.496 e. The summed E-state index contributed by atoms with van der Waals surface area (Å²) in [5.41, 5.74) is 0.766. The van der Waals surface area contributed by atoms with Crippen LogP contribution in [0.2, 0.25) is 0 Å². The minimum absolute atomic E-state index is 0.0938. The van der Waals surface area contributed by atoms with E-state index in [4.69, 9.17) is 14.2 Å². The lowest BCUT2D eigenvalue weighted by atomic mass is 10.1. The fourth-order valence-electron chi connectivity index (χ4n) is 2.35. The SMILES string of the molecule is CCCNC(=O)CN(C)CC(=O)NCc1cc(OC)c(OC)cc1OC. The van der Waals surface area contributed by atoms with Crippen LogP contribution in [0.25, 0.3) is 0 Å². The van der Waals surface area contributed by atoms with E-state index in [0.717, 1.165) is 12.0 Å². The third-order valence-corrected chi connectivity index (χ3v) is 3.66. The van der Waals surface area contributed by atoms with Gasteiger partial charge in [0.1, 0.15) is 5.75 Å². The molecule has 0 aliphatic heterocycles. The Bertz CT molecular complexity index is 607. The van der Waals surface area contributed by atoms with E-state index in [1.165, 1.54) is 0 Å². The summed E-state index contributed by atoms with van der Waals surface area (Å²) in [5, 5.41) is 5.60. The molecule has 0 heterocycles. The van der Waals surface area contributed by atoms with E-state index < -0.39 is 0 Å². The van der Waals surface area contributed by atoms with Gasteiger partial charge in [0.2, 0.25) is 11.8 Å². The van der Waals surface area contributed by atoms with Crippen LogP contribution in [0.1, 0.15) is 18.9 Å². The third-order valence-electron chi connectivity index (χ3n) is 3.66. The second-order valence-electron chi connectivity index (χ2n) is 5.82. The van der Waals surface area contributed by atoms with Crippen LogP contribution in [0.5, 0.6) is 17.2 Å². The molecule has 0 radical (unpaired) electrons. The molecule has 0 fully saturated rings. The van der Waals surface area contributed by atoms with E-state index in [2.05, 4.69) is 10.6 Å². The molecule has 0 bridgehead atoms. The topological polar surface area (TPSA) is 89.1 Å². The Balaban J connectivity index is 2.60. The highest BCUT2D eigenvalue weighted by atomic mass is 16.5. The number of benzene rings is 1. The number of carbonyl (C=O) groups excluding carboxylic acids is 2. The number of likely N-dealkylation sites (N-methyl/N-ethyl adjacent to an activating group) is 1. The van der Waals surface area contributed by atoms with Crippen LogP contribution >= 0.6 is 0 Å². The van der Waals surface area contributed by atoms with E-state index in [9.17, 15) is 9.59 Å². The molecule has 0 atom stereocenters. The molecule has 8 heteroatoms. The zero-order valence-electron chi connectivity index (χ0n) is 16.2. The molecule has 8 nitrogen and oxygen atoms in total. The predicted molar refractivity (Wildman–Crippen MR) is 98.7 cm³/mol. The van der Waals surface area contributed by atoms with Crippen molar-refractivity contribution in [1.82, 2.24) is 15.5 Å². The number of methoxy groups -OCH3 is 3. The van der Waals surface area contributed by atoms with Gasteiger partial charge in [0, 0.05) is 24.7 Å². The number of ether oxygens (including phenoxy) is 3. The largest absolute Gasteiger partial charge is 0.496 e. The van der Waals surface area contributed by atoms with Crippen molar-refractivity contribution in [1.29, 1.82) is 0 Å². The van der Waals surface area contributed by atoms with Crippen LogP contribution in [-0.2, 0) is 16.1 Å². The first-order valence-corrected chi connectivity index (χ1v) is 8.45. The zero-order valence-corrected chi connectivity index (χ0v) is 16.2. The van der Waals surface area contributed by atoms with E-state index in [1.54, 1.807) is 45.4 Å². The Hall–Kier alpha value is -2.48. The molecule has 0 unspecified atom stereocenters. The summed E-state index contributed by atoms with van der Waals surface area (Å²) >= 11 is 0. The summed E-state index contributed by atoms with van der Waals surface area (Å²) in [6.45, 7) is 3.19. The molecule has 26 heavy (non-hydrogen) atoms. The van der Waals surface area contributed by atoms with Crippen molar-refractivity contribution in [3.05, 3.63) is 17.7 Å². The van der Waals surface area contributed by atoms with E-state index >= 15 is 0 Å². The van der Waals surface area contributed by atoms with Crippen molar-refractivity contribution in [2.45, 2.75) is 19.9 Å². The highest BCUT2D eigenvalue weighted by Crippen LogP contribution is 2.34. The Kier molecular flexibility index (Phi) is 9.29. The van der Waals surface area contributed by atoms with Gasteiger partial charge in [0.15, 0.2) is 11.5 Å². The van der Waals surface area contributed by atoms with Gasteiger partial charge in [-0.2, -0.15) is 0 Å². The average molecular weight is 367 g/mol. The number of amides is 2. The van der Waals surface area contributed by atoms with Gasteiger partial charge in [0.25, 0.3) is 0 Å². The van der Waals surface area contributed by atoms with Crippen LogP contribution in [-0.4, -0.2) is 64.7 Å². The predicted octanol–water partition coefficient (Wildman–Crippen LogP) is 0.787. The molecule has 0 saturated carbocycles. The van der Waals surface area contributed by atoms with Crippen LogP contribution in [0, 0.1) is 0 Å². The zero-order chi connectivity index (χ0) is 19.5. The second kappa shape index (κ2) is 11.2. The fourth-order valence-corrected chi connectivity index (χ4v) is 2.35. The van der Waals surface area contributed by atoms with Crippen LogP contribution in [0.15, 0.2) is 12.1 Å². The maximum atomic E-state index is 12.1. The number of rotatable bonds is 11. The molecule has 1 aromatic rings. The Labute approximate surface area is 154 Å². The molecule has 0 aliphatic rings. The van der Waals surface area contributed by atoms with Crippen molar-refractivity contribution in [3.63, 3.8) is 0 Å². The Morgan fingerprint density at radius 3 is 2.00 bits per heavy atom. The maximum absolute atomic E-state index is 12.1. The Morgan fingerprint density at radius 1 is 0.923 bits per heavy atom. The van der Waals surface area contributed by atoms with Crippen molar-refractivity contribution >= 4 is 11.8 Å². The molecule has 0 saturated heterocycles. The number of hydrogen-bond acceptors (Lipinski definition) is 6. The molecule has 0 aliphatic carbocycles. The second-order valence-corrected chi connectivity index (χ2v) is 5.82. The van der Waals surface area contributed by atoms with Crippen LogP contribution in [0.4, 0.5) is 0 Å². The third kappa shape index (κ3) is 6.79. The van der Waals surface area contributed by atoms with Gasteiger partial charge in [-0.15, -0.1) is 0 Å². The quantitative estimate of drug-likeness (QED) is 0.601. The molecule has 1 aromatic carbocycles. The lowest BCUT2D eigenvalue weighted by molar-refractivity contribution is -0.124. The maximum Gasteiger partial charge on any atom is 0.234 e. The molecular weight excluding hydrogens is 338 g/mol. The monoisotopic (exact) mass is 367 g/mol. The van der Waals surface area contributed by atoms with Gasteiger partial charge in [-0.1, -0.05) is 6.92 Å². The lowest BCUT2D eigenvalue weighted by Crippen LogP contribution is -2.40. The first-order valence-electron chi connectivity index (χ1n) is 8.45. The first-order chi connectivity index (χ1) is 12.4. The molecule has 1 rings (SSSR count). The standard InChI is InChI=1S/C18H29N3O5/c1-6-7-19-17(22)11-21(2)12-18(23)20-10-13-8-15(25-4)16(26-5)9-14(13)24-3/h8-9H,6-7,10-12H2,1-5H3,(H,19,22)(H,20,23). The fraction of sp³-hybridized carbons (Fsp3) is 0.556. The molecule has 2 N–H and O–H groups in total. The van der Waals surface area contributed by atoms with Gasteiger partial charge in [0.05, 0.1) is 34.4 Å². The van der Waals surface area contributed by atoms with E-state index in [0.29, 0.717) is 23.8 Å². The van der Waals surface area contributed by atoms with Gasteiger partial charge in [-0.3, -0.25) is 14.5 Å². The summed E-state index contributed by atoms with van der Waals surface area (Å²) in [6.07, 6.45) is 0.878. The van der Waals surface area contributed by atoms with Crippen LogP contribution in [0.3, 0.4) is 0 Å². The summed E-state index contributed by atoms with van der Waals surface area (Å²) in [4.78, 5) is 25.4. The lowest BCUT2D eigenvalue weighted by Gasteiger charge is -2.17. The highest BCUT2D eigenvalue weighted by molar-refractivity contribution is 5.81. The summed E-state index contributed by atoms with van der Waals surface area (Å²) in [6, 6.07) is 3.48. The number of carbonyl (C=O) groups is 2. The van der Waals surface area contributed by atoms with Crippen molar-refractivity contribution in [3.8, 4) is 17.2 Å². The number of nitrogens with one attached hydrogen (secondary N) is 2. The summed E-state index contributed by atoms with van der Waals surface area (Å²) < 4.78 is 15.9. The molecule has 2 amide bonds. The smallest absolute Gasteiger partial charge is 0.234 e. The summed E-state index contributed by atoms with van der Waals surface area (Å²) in [5.74, 6) is 1.42. The van der Waals surface area contributed by atoms with Gasteiger partial charge in [-0.25, -0.2) is 0 Å². The van der Waals surface area contributed by atoms with Gasteiger partial charge < -0.3 is 24.8 Å². The molecule has 0 spiro atoms. The summed E-state index contributed by atoms with van der Waals surface area (Å²) in [7, 11) is 6.37. The van der Waals surface area contributed by atoms with Gasteiger partial charge in [-0.05, 0) is 19.5 Å². The van der Waals surface area contributed by atoms with E-state index in [1.807, 2.05) is 6.92 Å². The van der Waals surface area contributed by atoms with Crippen molar-refractivity contribution in [2.75, 3.05) is 48.0 Å². The average Bonchev–Trinajstić information content (AvgIpc) is 2.63. The molecule has 0 aromatic heterocycles. The van der Waals surface area contributed by atoms with Crippen molar-refractivity contribution < 1.29 is 23.8 Å². The number of nitrogens with zero attached hydrogens (tertiary/aromatic N) is 1. The van der Waals surface area contributed by atoms with Crippen molar-refractivity contribution in [2.24, 2.45) is 0 Å². The normalized spacial score (nSPS) is 10.4. The minimum atomic E-state index is -0.187.